The molecule has 0 aliphatic heterocycles. The van der Waals surface area contributed by atoms with Gasteiger partial charge in [-0.3, -0.25) is 14.7 Å². The zero-order valence-corrected chi connectivity index (χ0v) is 24.9. The normalized spacial score (nSPS) is 11.3. The van der Waals surface area contributed by atoms with E-state index in [2.05, 4.69) is 41.8 Å². The molecule has 0 fully saturated rings. The molecule has 4 rings (SSSR count). The highest BCUT2D eigenvalue weighted by molar-refractivity contribution is 7.92. The van der Waals surface area contributed by atoms with Crippen molar-refractivity contribution in [1.82, 2.24) is 25.3 Å². The van der Waals surface area contributed by atoms with Crippen LogP contribution in [0.3, 0.4) is 0 Å². The zero-order valence-electron chi connectivity index (χ0n) is 24.1. The first-order chi connectivity index (χ1) is 19.9. The lowest BCUT2D eigenvalue weighted by Crippen LogP contribution is -2.32. The van der Waals surface area contributed by atoms with Crippen LogP contribution in [-0.4, -0.2) is 40.0 Å². The largest absolute Gasteiger partial charge is 0.444 e. The van der Waals surface area contributed by atoms with Crippen LogP contribution in [0, 0.1) is 18.8 Å². The molecule has 0 saturated heterocycles. The van der Waals surface area contributed by atoms with Crippen LogP contribution in [0.1, 0.15) is 55.9 Å². The first-order valence-corrected chi connectivity index (χ1v) is 14.8. The fraction of sp³-hybridized carbons (Fsp3) is 0.258. The summed E-state index contributed by atoms with van der Waals surface area (Å²) in [4.78, 5) is 29.8. The Balaban J connectivity index is 1.59. The van der Waals surface area contributed by atoms with Gasteiger partial charge in [-0.2, -0.15) is 0 Å². The van der Waals surface area contributed by atoms with Gasteiger partial charge in [0.2, 0.25) is 0 Å². The number of sulfonamides is 1. The molecule has 4 aromatic rings. The van der Waals surface area contributed by atoms with Crippen molar-refractivity contribution in [1.29, 1.82) is 0 Å². The van der Waals surface area contributed by atoms with E-state index in [1.807, 2.05) is 13.0 Å². The highest BCUT2D eigenvalue weighted by Crippen LogP contribution is 2.23. The van der Waals surface area contributed by atoms with E-state index < -0.39 is 21.7 Å². The van der Waals surface area contributed by atoms with Crippen LogP contribution in [0.2, 0.25) is 0 Å². The quantitative estimate of drug-likeness (QED) is 0.289. The van der Waals surface area contributed by atoms with Crippen LogP contribution in [0.4, 0.5) is 10.5 Å². The van der Waals surface area contributed by atoms with Crippen molar-refractivity contribution in [3.05, 3.63) is 95.5 Å². The number of nitrogens with one attached hydrogen (secondary N) is 2. The number of carbonyl (C=O) groups is 1. The molecule has 11 heteroatoms. The number of alkyl carbamates (subject to hydrolysis) is 1. The smallest absolute Gasteiger partial charge is 0.407 e. The van der Waals surface area contributed by atoms with Gasteiger partial charge in [-0.1, -0.05) is 37.0 Å². The number of nitrogens with zero attached hydrogens (tertiary/aromatic N) is 4. The lowest BCUT2D eigenvalue weighted by molar-refractivity contribution is 0.0523. The third kappa shape index (κ3) is 7.89. The number of hydrogen-bond acceptors (Lipinski definition) is 8. The summed E-state index contributed by atoms with van der Waals surface area (Å²) in [5, 5.41) is 2.69. The molecule has 3 heterocycles. The van der Waals surface area contributed by atoms with Crippen LogP contribution in [-0.2, 0) is 27.7 Å². The summed E-state index contributed by atoms with van der Waals surface area (Å²) in [5.41, 5.74) is 4.17. The van der Waals surface area contributed by atoms with Crippen molar-refractivity contribution in [2.24, 2.45) is 0 Å². The van der Waals surface area contributed by atoms with Gasteiger partial charge in [0.1, 0.15) is 11.9 Å². The van der Waals surface area contributed by atoms with Crippen molar-refractivity contribution >= 4 is 21.8 Å². The van der Waals surface area contributed by atoms with Gasteiger partial charge in [-0.05, 0) is 64.4 Å². The molecule has 3 aromatic heterocycles. The monoisotopic (exact) mass is 584 g/mol. The summed E-state index contributed by atoms with van der Waals surface area (Å²) in [6.45, 7) is 9.31. The molecule has 0 aliphatic rings. The van der Waals surface area contributed by atoms with Crippen LogP contribution in [0.15, 0.2) is 72.1 Å². The summed E-state index contributed by atoms with van der Waals surface area (Å²) in [7, 11) is -3.79. The summed E-state index contributed by atoms with van der Waals surface area (Å²) < 4.78 is 33.6. The molecule has 0 aliphatic carbocycles. The Labute approximate surface area is 246 Å². The lowest BCUT2D eigenvalue weighted by Gasteiger charge is -2.19. The first kappa shape index (κ1) is 30.1. The molecule has 0 saturated carbocycles. The molecule has 0 atom stereocenters. The molecule has 42 heavy (non-hydrogen) atoms. The third-order valence-corrected chi connectivity index (χ3v) is 7.27. The Hall–Kier alpha value is -4.82. The summed E-state index contributed by atoms with van der Waals surface area (Å²) in [5.74, 6) is 6.26. The fourth-order valence-corrected chi connectivity index (χ4v) is 4.96. The molecular formula is C31H32N6O4S. The van der Waals surface area contributed by atoms with E-state index >= 15 is 0 Å². The fourth-order valence-electron chi connectivity index (χ4n) is 3.83. The second-order valence-corrected chi connectivity index (χ2v) is 12.0. The molecule has 216 valence electrons. The Bertz CT molecular complexity index is 1740. The number of aryl methyl sites for hydroxylation is 2. The van der Waals surface area contributed by atoms with E-state index in [0.29, 0.717) is 40.3 Å². The number of carbonyl (C=O) groups excluding carboxylic acids is 1. The predicted octanol–water partition coefficient (Wildman–Crippen LogP) is 5.03. The van der Waals surface area contributed by atoms with E-state index in [1.54, 1.807) is 70.4 Å². The Morgan fingerprint density at radius 3 is 2.40 bits per heavy atom. The van der Waals surface area contributed by atoms with Crippen molar-refractivity contribution in [3.8, 4) is 23.1 Å². The van der Waals surface area contributed by atoms with E-state index in [0.717, 1.165) is 11.3 Å². The standard InChI is InChI=1S/C31H32N6O4S/c1-6-27-26(15-12-22-16-28(21(2)32-17-22)37-42(39,40)25-10-8-7-9-11-25)29(36-20-35-27)23-13-14-24(33-18-23)19-34-30(38)41-31(3,4)5/h7-11,13-14,16-18,20,37H,6,19H2,1-5H3,(H,34,38). The number of ether oxygens (including phenoxy) is 1. The van der Waals surface area contributed by atoms with Crippen molar-refractivity contribution in [2.45, 2.75) is 58.1 Å². The molecule has 1 amide bonds. The minimum atomic E-state index is -3.79. The number of anilines is 1. The summed E-state index contributed by atoms with van der Waals surface area (Å²) in [6.07, 6.45) is 4.85. The molecule has 0 radical (unpaired) electrons. The molecule has 10 nitrogen and oxygen atoms in total. The van der Waals surface area contributed by atoms with E-state index in [1.165, 1.54) is 18.5 Å². The molecule has 1 aromatic carbocycles. The second kappa shape index (κ2) is 12.8. The van der Waals surface area contributed by atoms with Gasteiger partial charge in [0, 0.05) is 23.5 Å². The zero-order chi connectivity index (χ0) is 30.3. The third-order valence-electron chi connectivity index (χ3n) is 5.89. The maximum Gasteiger partial charge on any atom is 0.407 e. The van der Waals surface area contributed by atoms with Gasteiger partial charge in [-0.15, -0.1) is 0 Å². The first-order valence-electron chi connectivity index (χ1n) is 13.3. The summed E-state index contributed by atoms with van der Waals surface area (Å²) in [6, 6.07) is 13.4. The van der Waals surface area contributed by atoms with E-state index in [9.17, 15) is 13.2 Å². The minimum absolute atomic E-state index is 0.153. The summed E-state index contributed by atoms with van der Waals surface area (Å²) >= 11 is 0. The highest BCUT2D eigenvalue weighted by Gasteiger charge is 2.17. The number of amides is 1. The second-order valence-electron chi connectivity index (χ2n) is 10.3. The minimum Gasteiger partial charge on any atom is -0.444 e. The molecule has 0 spiro atoms. The van der Waals surface area contributed by atoms with Crippen LogP contribution >= 0.6 is 0 Å². The Morgan fingerprint density at radius 2 is 1.74 bits per heavy atom. The average molecular weight is 585 g/mol. The molecule has 0 unspecified atom stereocenters. The van der Waals surface area contributed by atoms with Crippen molar-refractivity contribution in [3.63, 3.8) is 0 Å². The van der Waals surface area contributed by atoms with Gasteiger partial charge >= 0.3 is 6.09 Å². The molecule has 2 N–H and O–H groups in total. The van der Waals surface area contributed by atoms with Gasteiger partial charge in [0.25, 0.3) is 10.0 Å². The van der Waals surface area contributed by atoms with Crippen LogP contribution in [0.25, 0.3) is 11.3 Å². The number of pyridine rings is 2. The van der Waals surface area contributed by atoms with Gasteiger partial charge in [0.15, 0.2) is 0 Å². The maximum absolute atomic E-state index is 12.9. The highest BCUT2D eigenvalue weighted by atomic mass is 32.2. The lowest BCUT2D eigenvalue weighted by atomic mass is 10.0. The maximum atomic E-state index is 12.9. The van der Waals surface area contributed by atoms with Gasteiger partial charge < -0.3 is 10.1 Å². The van der Waals surface area contributed by atoms with Crippen LogP contribution in [0.5, 0.6) is 0 Å². The molecular weight excluding hydrogens is 552 g/mol. The number of hydrogen-bond donors (Lipinski definition) is 2. The van der Waals surface area contributed by atoms with E-state index in [-0.39, 0.29) is 11.4 Å². The van der Waals surface area contributed by atoms with Crippen molar-refractivity contribution in [2.75, 3.05) is 4.72 Å². The number of aromatic nitrogens is 4. The molecule has 0 bridgehead atoms. The number of rotatable bonds is 7. The van der Waals surface area contributed by atoms with E-state index in [4.69, 9.17) is 4.74 Å². The predicted molar refractivity (Wildman–Crippen MR) is 160 cm³/mol. The number of benzene rings is 1. The Morgan fingerprint density at radius 1 is 0.976 bits per heavy atom. The Kier molecular flexibility index (Phi) is 9.18. The van der Waals surface area contributed by atoms with Gasteiger partial charge in [-0.25, -0.2) is 23.2 Å². The van der Waals surface area contributed by atoms with Gasteiger partial charge in [0.05, 0.1) is 45.5 Å². The average Bonchev–Trinajstić information content (AvgIpc) is 2.96. The van der Waals surface area contributed by atoms with Crippen molar-refractivity contribution < 1.29 is 17.9 Å². The van der Waals surface area contributed by atoms with Crippen LogP contribution < -0.4 is 10.0 Å². The SMILES string of the molecule is CCc1ncnc(-c2ccc(CNC(=O)OC(C)(C)C)nc2)c1C#Cc1cnc(C)c(NS(=O)(=O)c2ccccc2)c1. The topological polar surface area (TPSA) is 136 Å².